The number of pyridine rings is 3. The largest absolute Gasteiger partial charge is 0.508 e. The molecule has 0 aliphatic heterocycles. The average molecular weight is 886 g/mol. The summed E-state index contributed by atoms with van der Waals surface area (Å²) in [5, 5.41) is 9.43. The van der Waals surface area contributed by atoms with Crippen molar-refractivity contribution < 1.29 is 24.2 Å². The van der Waals surface area contributed by atoms with Crippen molar-refractivity contribution in [1.82, 2.24) is 15.0 Å². The van der Waals surface area contributed by atoms with Crippen LogP contribution in [0.1, 0.15) is 148 Å². The lowest BCUT2D eigenvalue weighted by Gasteiger charge is -2.29. The number of hydrogen-bond donors (Lipinski definition) is 1. The highest BCUT2D eigenvalue weighted by Gasteiger charge is 2.34. The van der Waals surface area contributed by atoms with Gasteiger partial charge in [0.2, 0.25) is 0 Å². The van der Waals surface area contributed by atoms with Crippen LogP contribution in [0, 0.1) is 58.7 Å². The van der Waals surface area contributed by atoms with Crippen molar-refractivity contribution in [3.63, 3.8) is 0 Å². The van der Waals surface area contributed by atoms with Gasteiger partial charge in [0.15, 0.2) is 17.3 Å². The molecule has 0 spiro atoms. The highest BCUT2D eigenvalue weighted by molar-refractivity contribution is 5.99. The van der Waals surface area contributed by atoms with E-state index in [-0.39, 0.29) is 39.3 Å². The third-order valence-corrected chi connectivity index (χ3v) is 11.6. The summed E-state index contributed by atoms with van der Waals surface area (Å²) < 4.78 is 5.20. The highest BCUT2D eigenvalue weighted by Crippen LogP contribution is 2.36. The Balaban J connectivity index is 0.000000149. The number of nitrogens with zero attached hydrogens (tertiary/aromatic N) is 3. The molecule has 9 rings (SSSR count). The molecule has 3 aromatic carbocycles. The fourth-order valence-electron chi connectivity index (χ4n) is 8.43. The molecule has 1 N–H and O–H groups in total. The minimum Gasteiger partial charge on any atom is -0.508 e. The predicted molar refractivity (Wildman–Crippen MR) is 262 cm³/mol. The number of hydrogen-bond acceptors (Lipinski definition) is 8. The number of carbonyl (C=O) groups excluding carboxylic acids is 3. The fraction of sp³-hybridized carbons (Fsp3) is 0.288. The lowest BCUT2D eigenvalue weighted by molar-refractivity contribution is 0.0900. The van der Waals surface area contributed by atoms with Gasteiger partial charge < -0.3 is 9.84 Å². The summed E-state index contributed by atoms with van der Waals surface area (Å²) in [7, 11) is 1.64. The number of aromatic hydroxyl groups is 1. The first-order chi connectivity index (χ1) is 31.8. The van der Waals surface area contributed by atoms with E-state index >= 15 is 0 Å². The van der Waals surface area contributed by atoms with E-state index in [1.807, 2.05) is 72.8 Å². The SMILES string of the molecule is CC1(C)CC(=O)c2ccc(C#Cc3cccc(O)c3)nc2C1.COc1cccc(C#Cc2ccc3c(n2)CC(C)(C)CC3=O)c1.Cc1cccc(C#Cc2ccc3c(n2)CC(C)(C)CC3=O)c1. The van der Waals surface area contributed by atoms with E-state index in [9.17, 15) is 19.5 Å². The molecule has 8 nitrogen and oxygen atoms in total. The molecule has 0 radical (unpaired) electrons. The molecule has 67 heavy (non-hydrogen) atoms. The van der Waals surface area contributed by atoms with Crippen LogP contribution >= 0.6 is 0 Å². The second-order valence-corrected chi connectivity index (χ2v) is 19.8. The van der Waals surface area contributed by atoms with Crippen molar-refractivity contribution >= 4 is 17.3 Å². The van der Waals surface area contributed by atoms with E-state index in [1.165, 1.54) is 5.56 Å². The number of carbonyl (C=O) groups is 3. The van der Waals surface area contributed by atoms with Crippen LogP contribution in [0.4, 0.5) is 0 Å². The first kappa shape index (κ1) is 47.4. The van der Waals surface area contributed by atoms with E-state index in [1.54, 1.807) is 31.4 Å². The topological polar surface area (TPSA) is 119 Å². The molecule has 8 heteroatoms. The van der Waals surface area contributed by atoms with Gasteiger partial charge in [0.1, 0.15) is 28.6 Å². The highest BCUT2D eigenvalue weighted by atomic mass is 16.5. The van der Waals surface area contributed by atoms with Crippen LogP contribution in [-0.4, -0.2) is 44.5 Å². The summed E-state index contributed by atoms with van der Waals surface area (Å²) in [6.45, 7) is 14.6. The lowest BCUT2D eigenvalue weighted by atomic mass is 9.75. The summed E-state index contributed by atoms with van der Waals surface area (Å²) in [5.41, 5.74) is 10.6. The second kappa shape index (κ2) is 19.9. The molecular formula is C59H55N3O5. The molecule has 3 aliphatic carbocycles. The first-order valence-corrected chi connectivity index (χ1v) is 22.5. The molecule has 0 bridgehead atoms. The smallest absolute Gasteiger partial charge is 0.165 e. The number of methoxy groups -OCH3 is 1. The van der Waals surface area contributed by atoms with E-state index in [2.05, 4.69) is 111 Å². The molecule has 0 amide bonds. The maximum Gasteiger partial charge on any atom is 0.165 e. The molecule has 0 saturated carbocycles. The van der Waals surface area contributed by atoms with Crippen LogP contribution < -0.4 is 4.74 Å². The third kappa shape index (κ3) is 12.8. The van der Waals surface area contributed by atoms with Gasteiger partial charge in [-0.15, -0.1) is 0 Å². The zero-order chi connectivity index (χ0) is 47.9. The van der Waals surface area contributed by atoms with Crippen molar-refractivity contribution in [2.24, 2.45) is 16.2 Å². The third-order valence-electron chi connectivity index (χ3n) is 11.6. The van der Waals surface area contributed by atoms with Crippen LogP contribution in [0.15, 0.2) is 109 Å². The van der Waals surface area contributed by atoms with E-state index in [0.717, 1.165) is 81.2 Å². The Morgan fingerprint density at radius 1 is 0.463 bits per heavy atom. The number of aryl methyl sites for hydroxylation is 1. The Hall–Kier alpha value is -7.60. The summed E-state index contributed by atoms with van der Waals surface area (Å²) in [4.78, 5) is 50.2. The van der Waals surface area contributed by atoms with E-state index in [0.29, 0.717) is 30.7 Å². The number of rotatable bonds is 1. The second-order valence-electron chi connectivity index (χ2n) is 19.8. The molecule has 6 aromatic rings. The van der Waals surface area contributed by atoms with Crippen molar-refractivity contribution in [3.05, 3.63) is 182 Å². The Kier molecular flexibility index (Phi) is 14.0. The van der Waals surface area contributed by atoms with Crippen LogP contribution in [0.25, 0.3) is 0 Å². The van der Waals surface area contributed by atoms with Crippen molar-refractivity contribution in [2.45, 2.75) is 87.0 Å². The Morgan fingerprint density at radius 2 is 0.836 bits per heavy atom. The van der Waals surface area contributed by atoms with Gasteiger partial charge in [-0.3, -0.25) is 14.4 Å². The minimum absolute atomic E-state index is 0.0142. The minimum atomic E-state index is -0.0473. The van der Waals surface area contributed by atoms with E-state index < -0.39 is 0 Å². The standard InChI is InChI=1S/C20H19NO2.C20H19NO.C19H17NO2/c1-20(2)12-18-17(19(22)13-20)10-9-15(21-18)8-7-14-5-4-6-16(11-14)23-3;1-14-5-4-6-15(11-14)7-8-16-9-10-17-18(21-16)12-20(2,3)13-19(17)22;1-19(2)11-17-16(18(22)12-19)9-8-14(20-17)7-6-13-4-3-5-15(21)10-13/h4-6,9-11H,12-13H2,1-3H3;4-6,9-11H,12-13H2,1-3H3;3-5,8-10,21H,11-12H2,1-2H3. The normalized spacial score (nSPS) is 15.6. The monoisotopic (exact) mass is 885 g/mol. The number of Topliss-reactive ketones (excluding diaryl/α,β-unsaturated/α-hetero) is 3. The van der Waals surface area contributed by atoms with Crippen molar-refractivity contribution in [1.29, 1.82) is 0 Å². The molecule has 0 unspecified atom stereocenters. The summed E-state index contributed by atoms with van der Waals surface area (Å²) >= 11 is 0. The zero-order valence-corrected chi connectivity index (χ0v) is 39.6. The molecular weight excluding hydrogens is 831 g/mol. The molecule has 0 saturated heterocycles. The van der Waals surface area contributed by atoms with Crippen molar-refractivity contribution in [2.75, 3.05) is 7.11 Å². The Labute approximate surface area is 394 Å². The van der Waals surface area contributed by atoms with Gasteiger partial charge in [-0.05, 0) is 151 Å². The fourth-order valence-corrected chi connectivity index (χ4v) is 8.43. The van der Waals surface area contributed by atoms with Crippen LogP contribution in [-0.2, 0) is 19.3 Å². The number of fused-ring (bicyclic) bond motifs is 3. The molecule has 3 heterocycles. The zero-order valence-electron chi connectivity index (χ0n) is 39.6. The van der Waals surface area contributed by atoms with Crippen LogP contribution in [0.2, 0.25) is 0 Å². The summed E-state index contributed by atoms with van der Waals surface area (Å²) in [6, 6.07) is 33.5. The molecule has 0 fully saturated rings. The lowest BCUT2D eigenvalue weighted by Crippen LogP contribution is -2.28. The number of phenolic OH excluding ortho intramolecular Hbond substituents is 1. The maximum atomic E-state index is 12.2. The van der Waals surface area contributed by atoms with Gasteiger partial charge in [0, 0.05) is 52.6 Å². The number of ketones is 3. The molecule has 3 aromatic heterocycles. The van der Waals surface area contributed by atoms with Gasteiger partial charge in [0.25, 0.3) is 0 Å². The first-order valence-electron chi connectivity index (χ1n) is 22.5. The van der Waals surface area contributed by atoms with Crippen molar-refractivity contribution in [3.8, 4) is 47.0 Å². The maximum absolute atomic E-state index is 12.2. The predicted octanol–water partition coefficient (Wildman–Crippen LogP) is 10.9. The van der Waals surface area contributed by atoms with Crippen LogP contribution in [0.3, 0.4) is 0 Å². The van der Waals surface area contributed by atoms with Gasteiger partial charge in [-0.1, -0.05) is 83.6 Å². The number of aromatic nitrogens is 3. The Morgan fingerprint density at radius 3 is 1.22 bits per heavy atom. The number of phenols is 1. The average Bonchev–Trinajstić information content (AvgIpc) is 3.26. The summed E-state index contributed by atoms with van der Waals surface area (Å²) in [5.74, 6) is 19.9. The van der Waals surface area contributed by atoms with Crippen LogP contribution in [0.5, 0.6) is 11.5 Å². The van der Waals surface area contributed by atoms with Gasteiger partial charge >= 0.3 is 0 Å². The Bertz CT molecular complexity index is 2970. The van der Waals surface area contributed by atoms with Gasteiger partial charge in [-0.2, -0.15) is 0 Å². The summed E-state index contributed by atoms with van der Waals surface area (Å²) in [6.07, 6.45) is 4.16. The molecule has 3 aliphatic rings. The number of ether oxygens (including phenoxy) is 1. The van der Waals surface area contributed by atoms with Gasteiger partial charge in [-0.25, -0.2) is 15.0 Å². The van der Waals surface area contributed by atoms with Gasteiger partial charge in [0.05, 0.1) is 24.2 Å². The number of benzene rings is 3. The molecule has 0 atom stereocenters. The van der Waals surface area contributed by atoms with E-state index in [4.69, 9.17) is 4.74 Å². The quantitative estimate of drug-likeness (QED) is 0.162. The molecule has 336 valence electrons.